The number of nitrogens with two attached hydrogens (primary N) is 1. The van der Waals surface area contributed by atoms with Gasteiger partial charge in [-0.2, -0.15) is 0 Å². The lowest BCUT2D eigenvalue weighted by Gasteiger charge is -2.40. The second-order valence-electron chi connectivity index (χ2n) is 5.62. The van der Waals surface area contributed by atoms with Crippen molar-refractivity contribution in [1.82, 2.24) is 9.80 Å². The molecule has 2 atom stereocenters. The van der Waals surface area contributed by atoms with E-state index in [-0.39, 0.29) is 18.0 Å². The third kappa shape index (κ3) is 3.68. The van der Waals surface area contributed by atoms with E-state index in [1.165, 1.54) is 12.8 Å². The van der Waals surface area contributed by atoms with Gasteiger partial charge >= 0.3 is 0 Å². The standard InChI is InChI=1S/C14H27N3O2/c1-12(17-8-9-19-11-13(17)10-15)14(18)16-6-4-2-3-5-7-16/h12-13H,2-11,15H2,1H3. The summed E-state index contributed by atoms with van der Waals surface area (Å²) >= 11 is 0. The van der Waals surface area contributed by atoms with Crippen LogP contribution in [-0.2, 0) is 9.53 Å². The molecule has 2 N–H and O–H groups in total. The van der Waals surface area contributed by atoms with E-state index in [1.54, 1.807) is 0 Å². The Balaban J connectivity index is 1.96. The molecule has 1 amide bonds. The average Bonchev–Trinajstić information content (AvgIpc) is 2.74. The van der Waals surface area contributed by atoms with Gasteiger partial charge in [-0.25, -0.2) is 0 Å². The van der Waals surface area contributed by atoms with Crippen molar-refractivity contribution in [1.29, 1.82) is 0 Å². The quantitative estimate of drug-likeness (QED) is 0.807. The van der Waals surface area contributed by atoms with Crippen LogP contribution in [0.3, 0.4) is 0 Å². The van der Waals surface area contributed by atoms with Crippen LogP contribution in [-0.4, -0.2) is 67.2 Å². The van der Waals surface area contributed by atoms with Gasteiger partial charge in [-0.15, -0.1) is 0 Å². The zero-order chi connectivity index (χ0) is 13.7. The minimum absolute atomic E-state index is 0.0736. The molecule has 5 nitrogen and oxygen atoms in total. The largest absolute Gasteiger partial charge is 0.378 e. The molecular formula is C14H27N3O2. The molecule has 110 valence electrons. The number of amides is 1. The van der Waals surface area contributed by atoms with Crippen molar-refractivity contribution in [2.24, 2.45) is 5.73 Å². The zero-order valence-corrected chi connectivity index (χ0v) is 12.0. The first kappa shape index (κ1) is 14.8. The number of ether oxygens (including phenoxy) is 1. The summed E-state index contributed by atoms with van der Waals surface area (Å²) in [6, 6.07) is 0.107. The van der Waals surface area contributed by atoms with Gasteiger partial charge in [0, 0.05) is 32.2 Å². The minimum Gasteiger partial charge on any atom is -0.378 e. The molecule has 0 bridgehead atoms. The monoisotopic (exact) mass is 269 g/mol. The van der Waals surface area contributed by atoms with E-state index < -0.39 is 0 Å². The molecule has 0 saturated carbocycles. The van der Waals surface area contributed by atoms with Crippen molar-refractivity contribution in [2.75, 3.05) is 39.4 Å². The highest BCUT2D eigenvalue weighted by molar-refractivity contribution is 5.81. The van der Waals surface area contributed by atoms with Crippen LogP contribution >= 0.6 is 0 Å². The molecule has 0 aromatic rings. The molecule has 0 radical (unpaired) electrons. The molecule has 2 unspecified atom stereocenters. The van der Waals surface area contributed by atoms with E-state index >= 15 is 0 Å². The molecule has 19 heavy (non-hydrogen) atoms. The van der Waals surface area contributed by atoms with E-state index in [0.29, 0.717) is 19.8 Å². The van der Waals surface area contributed by atoms with E-state index in [1.807, 2.05) is 11.8 Å². The van der Waals surface area contributed by atoms with Crippen molar-refractivity contribution < 1.29 is 9.53 Å². The maximum atomic E-state index is 12.6. The summed E-state index contributed by atoms with van der Waals surface area (Å²) in [7, 11) is 0. The Bertz CT molecular complexity index is 290. The lowest BCUT2D eigenvalue weighted by molar-refractivity contribution is -0.140. The molecule has 2 aliphatic rings. The van der Waals surface area contributed by atoms with Gasteiger partial charge in [0.25, 0.3) is 0 Å². The molecule has 2 heterocycles. The predicted octanol–water partition coefficient (Wildman–Crippen LogP) is 0.437. The maximum absolute atomic E-state index is 12.6. The van der Waals surface area contributed by atoms with Crippen LogP contribution < -0.4 is 5.73 Å². The highest BCUT2D eigenvalue weighted by atomic mass is 16.5. The van der Waals surface area contributed by atoms with Crippen molar-refractivity contribution in [3.8, 4) is 0 Å². The highest BCUT2D eigenvalue weighted by Crippen LogP contribution is 2.16. The average molecular weight is 269 g/mol. The van der Waals surface area contributed by atoms with Gasteiger partial charge < -0.3 is 15.4 Å². The predicted molar refractivity (Wildman–Crippen MR) is 74.9 cm³/mol. The number of rotatable bonds is 3. The van der Waals surface area contributed by atoms with E-state index in [2.05, 4.69) is 4.90 Å². The van der Waals surface area contributed by atoms with Gasteiger partial charge in [0.1, 0.15) is 0 Å². The normalized spacial score (nSPS) is 27.9. The summed E-state index contributed by atoms with van der Waals surface area (Å²) in [4.78, 5) is 16.9. The van der Waals surface area contributed by atoms with E-state index in [4.69, 9.17) is 10.5 Å². The van der Waals surface area contributed by atoms with Crippen LogP contribution in [0.4, 0.5) is 0 Å². The first-order valence-corrected chi connectivity index (χ1v) is 7.56. The number of morpholine rings is 1. The fraction of sp³-hybridized carbons (Fsp3) is 0.929. The fourth-order valence-electron chi connectivity index (χ4n) is 3.08. The zero-order valence-electron chi connectivity index (χ0n) is 12.0. The van der Waals surface area contributed by atoms with Crippen molar-refractivity contribution >= 4 is 5.91 Å². The summed E-state index contributed by atoms with van der Waals surface area (Å²) in [6.45, 7) is 6.56. The summed E-state index contributed by atoms with van der Waals surface area (Å²) < 4.78 is 5.45. The van der Waals surface area contributed by atoms with Crippen LogP contribution in [0.25, 0.3) is 0 Å². The van der Waals surface area contributed by atoms with E-state index in [0.717, 1.165) is 32.5 Å². The lowest BCUT2D eigenvalue weighted by atomic mass is 10.1. The first-order valence-electron chi connectivity index (χ1n) is 7.56. The second kappa shape index (κ2) is 7.22. The van der Waals surface area contributed by atoms with Crippen LogP contribution in [0, 0.1) is 0 Å². The molecule has 0 aromatic heterocycles. The van der Waals surface area contributed by atoms with Crippen molar-refractivity contribution in [3.63, 3.8) is 0 Å². The Morgan fingerprint density at radius 3 is 2.58 bits per heavy atom. The third-order valence-electron chi connectivity index (χ3n) is 4.32. The third-order valence-corrected chi connectivity index (χ3v) is 4.32. The molecule has 2 rings (SSSR count). The Labute approximate surface area is 116 Å². The minimum atomic E-state index is -0.0736. The topological polar surface area (TPSA) is 58.8 Å². The summed E-state index contributed by atoms with van der Waals surface area (Å²) in [5, 5.41) is 0. The van der Waals surface area contributed by atoms with Crippen molar-refractivity contribution in [3.05, 3.63) is 0 Å². The number of likely N-dealkylation sites (tertiary alicyclic amines) is 1. The van der Waals surface area contributed by atoms with Crippen molar-refractivity contribution in [2.45, 2.75) is 44.7 Å². The molecular weight excluding hydrogens is 242 g/mol. The van der Waals surface area contributed by atoms with Gasteiger partial charge in [0.05, 0.1) is 19.3 Å². The Morgan fingerprint density at radius 2 is 1.95 bits per heavy atom. The summed E-state index contributed by atoms with van der Waals surface area (Å²) in [6.07, 6.45) is 4.78. The maximum Gasteiger partial charge on any atom is 0.239 e. The molecule has 0 aromatic carbocycles. The fourth-order valence-corrected chi connectivity index (χ4v) is 3.08. The second-order valence-corrected chi connectivity index (χ2v) is 5.62. The molecule has 2 saturated heterocycles. The SMILES string of the molecule is CC(C(=O)N1CCCCCC1)N1CCOCC1CN. The van der Waals surface area contributed by atoms with E-state index in [9.17, 15) is 4.79 Å². The van der Waals surface area contributed by atoms with Gasteiger partial charge in [0.2, 0.25) is 5.91 Å². The number of nitrogens with zero attached hydrogens (tertiary/aromatic N) is 2. The van der Waals surface area contributed by atoms with Crippen LogP contribution in [0.15, 0.2) is 0 Å². The summed E-state index contributed by atoms with van der Waals surface area (Å²) in [5.74, 6) is 0.266. The van der Waals surface area contributed by atoms with Crippen LogP contribution in [0.5, 0.6) is 0 Å². The number of carbonyl (C=O) groups is 1. The molecule has 0 spiro atoms. The number of hydrogen-bond donors (Lipinski definition) is 1. The smallest absolute Gasteiger partial charge is 0.239 e. The highest BCUT2D eigenvalue weighted by Gasteiger charge is 2.32. The first-order chi connectivity index (χ1) is 9.24. The van der Waals surface area contributed by atoms with Gasteiger partial charge in [0.15, 0.2) is 0 Å². The number of carbonyl (C=O) groups excluding carboxylic acids is 1. The Hall–Kier alpha value is -0.650. The summed E-state index contributed by atoms with van der Waals surface area (Å²) in [5.41, 5.74) is 5.79. The number of hydrogen-bond acceptors (Lipinski definition) is 4. The Kier molecular flexibility index (Phi) is 5.60. The van der Waals surface area contributed by atoms with Gasteiger partial charge in [-0.3, -0.25) is 9.69 Å². The Morgan fingerprint density at radius 1 is 1.26 bits per heavy atom. The van der Waals surface area contributed by atoms with Crippen LogP contribution in [0.2, 0.25) is 0 Å². The molecule has 5 heteroatoms. The molecule has 2 aliphatic heterocycles. The molecule has 2 fully saturated rings. The lowest BCUT2D eigenvalue weighted by Crippen LogP contribution is -2.57. The molecule has 0 aliphatic carbocycles. The van der Waals surface area contributed by atoms with Gasteiger partial charge in [-0.05, 0) is 19.8 Å². The van der Waals surface area contributed by atoms with Gasteiger partial charge in [-0.1, -0.05) is 12.8 Å². The van der Waals surface area contributed by atoms with Crippen LogP contribution in [0.1, 0.15) is 32.6 Å².